The van der Waals surface area contributed by atoms with Crippen molar-refractivity contribution < 1.29 is 23.2 Å². The third kappa shape index (κ3) is 4.57. The average molecular weight is 504 g/mol. The number of carbonyl (C=O) groups is 3. The molecule has 1 saturated carbocycles. The summed E-state index contributed by atoms with van der Waals surface area (Å²) in [5.41, 5.74) is 6.44. The summed E-state index contributed by atoms with van der Waals surface area (Å²) in [6.45, 7) is 1.61. The molecule has 2 aromatic carbocycles. The van der Waals surface area contributed by atoms with Gasteiger partial charge in [0.15, 0.2) is 0 Å². The number of anilines is 1. The Bertz CT molecular complexity index is 1150. The first kappa shape index (κ1) is 22.1. The minimum absolute atomic E-state index is 0.0181. The van der Waals surface area contributed by atoms with Crippen LogP contribution >= 0.6 is 15.9 Å². The monoisotopic (exact) mass is 503 g/mol. The van der Waals surface area contributed by atoms with Gasteiger partial charge in [-0.1, -0.05) is 28.1 Å². The summed E-state index contributed by atoms with van der Waals surface area (Å²) in [5, 5.41) is 0. The van der Waals surface area contributed by atoms with E-state index in [2.05, 4.69) is 26.8 Å². The van der Waals surface area contributed by atoms with E-state index in [-0.39, 0.29) is 29.6 Å². The predicted octanol–water partition coefficient (Wildman–Crippen LogP) is 3.52. The summed E-state index contributed by atoms with van der Waals surface area (Å²) < 4.78 is 28.1. The van der Waals surface area contributed by atoms with Crippen LogP contribution in [0.3, 0.4) is 0 Å². The van der Waals surface area contributed by atoms with Gasteiger partial charge >= 0.3 is 0 Å². The zero-order valence-electron chi connectivity index (χ0n) is 17.1. The van der Waals surface area contributed by atoms with Crippen LogP contribution in [0.25, 0.3) is 6.08 Å². The molecule has 0 spiro atoms. The fraction of sp³-hybridized carbons (Fsp3) is 0.261. The molecule has 1 fully saturated rings. The number of amides is 3. The average Bonchev–Trinajstić information content (AvgIpc) is 3.62. The Morgan fingerprint density at radius 2 is 1.88 bits per heavy atom. The summed E-state index contributed by atoms with van der Waals surface area (Å²) in [7, 11) is 0. The summed E-state index contributed by atoms with van der Waals surface area (Å²) in [5.74, 6) is -2.53. The van der Waals surface area contributed by atoms with E-state index in [1.807, 2.05) is 0 Å². The minimum atomic E-state index is -1.06. The molecule has 0 aromatic heterocycles. The van der Waals surface area contributed by atoms with E-state index in [1.165, 1.54) is 35.2 Å². The maximum Gasteiger partial charge on any atom is 0.267 e. The highest BCUT2D eigenvalue weighted by Gasteiger charge is 2.35. The fourth-order valence-electron chi connectivity index (χ4n) is 3.40. The third-order valence-electron chi connectivity index (χ3n) is 5.44. The van der Waals surface area contributed by atoms with E-state index in [4.69, 9.17) is 0 Å². The topological polar surface area (TPSA) is 78.5 Å². The molecule has 1 aliphatic heterocycles. The third-order valence-corrected chi connectivity index (χ3v) is 6.32. The number of nitrogens with one attached hydrogen (secondary N) is 2. The number of rotatable bonds is 4. The Hall–Kier alpha value is -3.07. The number of hydrogen-bond acceptors (Lipinski definition) is 3. The lowest BCUT2D eigenvalue weighted by Gasteiger charge is -2.25. The van der Waals surface area contributed by atoms with Crippen molar-refractivity contribution in [1.29, 1.82) is 0 Å². The van der Waals surface area contributed by atoms with E-state index in [9.17, 15) is 23.2 Å². The molecule has 3 amide bonds. The highest BCUT2D eigenvalue weighted by Crippen LogP contribution is 2.34. The number of alkyl halides is 1. The largest absolute Gasteiger partial charge is 0.306 e. The van der Waals surface area contributed by atoms with Crippen molar-refractivity contribution in [2.75, 3.05) is 4.90 Å². The van der Waals surface area contributed by atoms with Crippen LogP contribution in [0.2, 0.25) is 0 Å². The maximum atomic E-state index is 14.1. The summed E-state index contributed by atoms with van der Waals surface area (Å²) in [4.78, 5) is 38.1. The summed E-state index contributed by atoms with van der Waals surface area (Å²) in [6, 6.07) is 8.50. The highest BCUT2D eigenvalue weighted by atomic mass is 79.9. The Balaban J connectivity index is 1.65. The zero-order valence-corrected chi connectivity index (χ0v) is 18.7. The van der Waals surface area contributed by atoms with Crippen molar-refractivity contribution in [3.8, 4) is 0 Å². The smallest absolute Gasteiger partial charge is 0.267 e. The Morgan fingerprint density at radius 1 is 1.12 bits per heavy atom. The first-order valence-electron chi connectivity index (χ1n) is 10.1. The SMILES string of the molecule is Cc1ccc(CN2C(=O)C(Br)C(C(=O)NNC(=O)C3CC3)=Cc3ccc(F)cc32)cc1F. The van der Waals surface area contributed by atoms with Crippen LogP contribution in [0.15, 0.2) is 42.0 Å². The number of fused-ring (bicyclic) bond motifs is 1. The molecule has 0 bridgehead atoms. The van der Waals surface area contributed by atoms with Crippen LogP contribution in [0.4, 0.5) is 14.5 Å². The first-order valence-corrected chi connectivity index (χ1v) is 11.0. The second-order valence-corrected chi connectivity index (χ2v) is 8.81. The van der Waals surface area contributed by atoms with Crippen LogP contribution < -0.4 is 15.8 Å². The van der Waals surface area contributed by atoms with Crippen molar-refractivity contribution in [3.63, 3.8) is 0 Å². The number of hydrogen-bond donors (Lipinski definition) is 2. The van der Waals surface area contributed by atoms with Crippen molar-refractivity contribution in [2.45, 2.75) is 31.1 Å². The van der Waals surface area contributed by atoms with Crippen LogP contribution in [0.5, 0.6) is 0 Å². The van der Waals surface area contributed by atoms with Crippen LogP contribution in [-0.2, 0) is 20.9 Å². The molecule has 0 saturated heterocycles. The number of carbonyl (C=O) groups excluding carboxylic acids is 3. The van der Waals surface area contributed by atoms with Gasteiger partial charge in [0, 0.05) is 11.5 Å². The van der Waals surface area contributed by atoms with E-state index in [1.54, 1.807) is 19.1 Å². The summed E-state index contributed by atoms with van der Waals surface area (Å²) in [6.07, 6.45) is 3.02. The van der Waals surface area contributed by atoms with Gasteiger partial charge in [-0.05, 0) is 66.8 Å². The Labute approximate surface area is 191 Å². The van der Waals surface area contributed by atoms with Gasteiger partial charge in [-0.3, -0.25) is 25.2 Å². The number of aryl methyl sites for hydroxylation is 1. The molecule has 4 rings (SSSR count). The van der Waals surface area contributed by atoms with Crippen molar-refractivity contribution in [2.24, 2.45) is 5.92 Å². The molecule has 1 aliphatic carbocycles. The van der Waals surface area contributed by atoms with Gasteiger partial charge in [0.2, 0.25) is 11.8 Å². The quantitative estimate of drug-likeness (QED) is 0.494. The second kappa shape index (κ2) is 8.82. The number of benzene rings is 2. The molecule has 6 nitrogen and oxygen atoms in total. The maximum absolute atomic E-state index is 14.1. The molecule has 9 heteroatoms. The normalized spacial score (nSPS) is 17.9. The molecule has 32 heavy (non-hydrogen) atoms. The van der Waals surface area contributed by atoms with Crippen LogP contribution in [0.1, 0.15) is 29.5 Å². The van der Waals surface area contributed by atoms with Gasteiger partial charge < -0.3 is 4.90 Å². The molecular weight excluding hydrogens is 484 g/mol. The number of nitrogens with zero attached hydrogens (tertiary/aromatic N) is 1. The molecule has 166 valence electrons. The van der Waals surface area contributed by atoms with Crippen molar-refractivity contribution in [3.05, 3.63) is 70.3 Å². The molecule has 1 atom stereocenters. The van der Waals surface area contributed by atoms with E-state index < -0.39 is 28.3 Å². The van der Waals surface area contributed by atoms with Gasteiger partial charge in [0.25, 0.3) is 5.91 Å². The zero-order chi connectivity index (χ0) is 23.0. The fourth-order valence-corrected chi connectivity index (χ4v) is 3.99. The van der Waals surface area contributed by atoms with Crippen molar-refractivity contribution >= 4 is 45.4 Å². The van der Waals surface area contributed by atoms with E-state index in [0.29, 0.717) is 16.7 Å². The van der Waals surface area contributed by atoms with Gasteiger partial charge in [0.05, 0.1) is 12.2 Å². The van der Waals surface area contributed by atoms with Gasteiger partial charge in [-0.2, -0.15) is 0 Å². The molecule has 1 heterocycles. The Morgan fingerprint density at radius 3 is 2.56 bits per heavy atom. The molecule has 0 radical (unpaired) electrons. The lowest BCUT2D eigenvalue weighted by Crippen LogP contribution is -2.45. The van der Waals surface area contributed by atoms with E-state index in [0.717, 1.165) is 12.8 Å². The summed E-state index contributed by atoms with van der Waals surface area (Å²) >= 11 is 3.28. The lowest BCUT2D eigenvalue weighted by atomic mass is 10.1. The molecule has 2 aliphatic rings. The predicted molar refractivity (Wildman–Crippen MR) is 118 cm³/mol. The molecular formula is C23H20BrF2N3O3. The van der Waals surface area contributed by atoms with Crippen molar-refractivity contribution in [1.82, 2.24) is 10.9 Å². The van der Waals surface area contributed by atoms with Crippen LogP contribution in [0, 0.1) is 24.5 Å². The number of halogens is 3. The molecule has 1 unspecified atom stereocenters. The second-order valence-electron chi connectivity index (χ2n) is 7.89. The van der Waals surface area contributed by atoms with E-state index >= 15 is 0 Å². The van der Waals surface area contributed by atoms with Gasteiger partial charge in [-0.15, -0.1) is 0 Å². The molecule has 2 aromatic rings. The van der Waals surface area contributed by atoms with Gasteiger partial charge in [0.1, 0.15) is 16.5 Å². The van der Waals surface area contributed by atoms with Gasteiger partial charge in [-0.25, -0.2) is 8.78 Å². The first-order chi connectivity index (χ1) is 15.2. The lowest BCUT2D eigenvalue weighted by molar-refractivity contribution is -0.128. The van der Waals surface area contributed by atoms with Crippen LogP contribution in [-0.4, -0.2) is 22.5 Å². The standard InChI is InChI=1S/C23H20BrF2N3O3/c1-12-2-3-13(8-18(12)26)11-29-19-10-16(25)7-6-15(19)9-17(20(24)23(29)32)22(31)28-27-21(30)14-4-5-14/h2-3,6-10,14,20H,4-5,11H2,1H3,(H,27,30)(H,28,31). The Kier molecular flexibility index (Phi) is 6.10. The highest BCUT2D eigenvalue weighted by molar-refractivity contribution is 9.10. The minimum Gasteiger partial charge on any atom is -0.306 e. The number of hydrazine groups is 1. The molecule has 2 N–H and O–H groups in total.